The zero-order valence-electron chi connectivity index (χ0n) is 16.7. The molecule has 152 valence electrons. The van der Waals surface area contributed by atoms with Crippen molar-refractivity contribution in [1.82, 2.24) is 14.5 Å². The highest BCUT2D eigenvalue weighted by molar-refractivity contribution is 6.30. The number of benzene rings is 2. The molecule has 29 heavy (non-hydrogen) atoms. The number of aromatic nitrogens is 2. The second kappa shape index (κ2) is 8.66. The average molecular weight is 414 g/mol. The molecule has 1 atom stereocenters. The van der Waals surface area contributed by atoms with Gasteiger partial charge in [0.2, 0.25) is 5.91 Å². The van der Waals surface area contributed by atoms with E-state index in [2.05, 4.69) is 5.32 Å². The van der Waals surface area contributed by atoms with Crippen LogP contribution in [0.25, 0.3) is 10.9 Å². The van der Waals surface area contributed by atoms with Crippen LogP contribution in [-0.2, 0) is 17.9 Å². The molecule has 2 aromatic carbocycles. The van der Waals surface area contributed by atoms with Crippen molar-refractivity contribution >= 4 is 28.4 Å². The molecular weight excluding hydrogens is 390 g/mol. The van der Waals surface area contributed by atoms with Crippen LogP contribution < -0.4 is 16.6 Å². The Morgan fingerprint density at radius 3 is 2.31 bits per heavy atom. The van der Waals surface area contributed by atoms with Gasteiger partial charge in [0, 0.05) is 11.6 Å². The molecule has 1 N–H and O–H groups in total. The first-order valence-corrected chi connectivity index (χ1v) is 9.98. The van der Waals surface area contributed by atoms with Gasteiger partial charge in [0.15, 0.2) is 0 Å². The standard InChI is InChI=1S/C22H24ClN3O3/c1-4-25-21(28)17-7-5-6-8-18(17)26(22(25)29)13-19(27)24-20(14(2)3)15-9-11-16(23)12-10-15/h5-12,14,20H,4,13H2,1-3H3,(H,24,27). The fourth-order valence-electron chi connectivity index (χ4n) is 3.47. The fraction of sp³-hybridized carbons (Fsp3) is 0.318. The van der Waals surface area contributed by atoms with E-state index in [0.717, 1.165) is 10.1 Å². The summed E-state index contributed by atoms with van der Waals surface area (Å²) >= 11 is 5.97. The number of rotatable bonds is 6. The molecule has 0 aliphatic carbocycles. The highest BCUT2D eigenvalue weighted by Gasteiger charge is 2.20. The lowest BCUT2D eigenvalue weighted by molar-refractivity contribution is -0.122. The Balaban J connectivity index is 1.96. The summed E-state index contributed by atoms with van der Waals surface area (Å²) in [5.41, 5.74) is 0.563. The lowest BCUT2D eigenvalue weighted by atomic mass is 9.96. The molecule has 1 amide bonds. The Hall–Kier alpha value is -2.86. The lowest BCUT2D eigenvalue weighted by Crippen LogP contribution is -2.43. The van der Waals surface area contributed by atoms with E-state index >= 15 is 0 Å². The van der Waals surface area contributed by atoms with Crippen LogP contribution in [0.15, 0.2) is 58.1 Å². The Kier molecular flexibility index (Phi) is 6.23. The molecular formula is C22H24ClN3O3. The highest BCUT2D eigenvalue weighted by Crippen LogP contribution is 2.23. The summed E-state index contributed by atoms with van der Waals surface area (Å²) in [6, 6.07) is 14.0. The summed E-state index contributed by atoms with van der Waals surface area (Å²) in [5, 5.41) is 4.06. The largest absolute Gasteiger partial charge is 0.347 e. The number of nitrogens with one attached hydrogen (secondary N) is 1. The minimum absolute atomic E-state index is 0.137. The van der Waals surface area contributed by atoms with Gasteiger partial charge in [0.05, 0.1) is 16.9 Å². The number of hydrogen-bond acceptors (Lipinski definition) is 3. The van der Waals surface area contributed by atoms with Gasteiger partial charge in [-0.25, -0.2) is 4.79 Å². The van der Waals surface area contributed by atoms with Crippen LogP contribution in [0.3, 0.4) is 0 Å². The summed E-state index contributed by atoms with van der Waals surface area (Å²) in [6.45, 7) is 5.83. The van der Waals surface area contributed by atoms with Crippen molar-refractivity contribution in [3.8, 4) is 0 Å². The van der Waals surface area contributed by atoms with Gasteiger partial charge in [0.25, 0.3) is 5.56 Å². The third-order valence-corrected chi connectivity index (χ3v) is 5.21. The minimum atomic E-state index is -0.487. The van der Waals surface area contributed by atoms with Crippen LogP contribution in [0.5, 0.6) is 0 Å². The number of fused-ring (bicyclic) bond motifs is 1. The minimum Gasteiger partial charge on any atom is -0.347 e. The number of hydrogen-bond donors (Lipinski definition) is 1. The summed E-state index contributed by atoms with van der Waals surface area (Å²) in [7, 11) is 0. The van der Waals surface area contributed by atoms with Gasteiger partial charge in [0.1, 0.15) is 6.54 Å². The van der Waals surface area contributed by atoms with E-state index in [4.69, 9.17) is 11.6 Å². The number of carbonyl (C=O) groups excluding carboxylic acids is 1. The average Bonchev–Trinajstić information content (AvgIpc) is 2.70. The maximum atomic E-state index is 12.9. The van der Waals surface area contributed by atoms with Crippen molar-refractivity contribution in [1.29, 1.82) is 0 Å². The van der Waals surface area contributed by atoms with E-state index in [-0.39, 0.29) is 36.5 Å². The van der Waals surface area contributed by atoms with Gasteiger partial charge in [-0.15, -0.1) is 0 Å². The first-order valence-electron chi connectivity index (χ1n) is 9.60. The quantitative estimate of drug-likeness (QED) is 0.673. The van der Waals surface area contributed by atoms with Gasteiger partial charge in [-0.05, 0) is 42.7 Å². The van der Waals surface area contributed by atoms with Crippen LogP contribution >= 0.6 is 11.6 Å². The highest BCUT2D eigenvalue weighted by atomic mass is 35.5. The maximum absolute atomic E-state index is 12.9. The molecule has 1 aromatic heterocycles. The fourth-order valence-corrected chi connectivity index (χ4v) is 3.60. The zero-order chi connectivity index (χ0) is 21.1. The zero-order valence-corrected chi connectivity index (χ0v) is 17.4. The molecule has 1 unspecified atom stereocenters. The van der Waals surface area contributed by atoms with Crippen LogP contribution in [0.1, 0.15) is 32.4 Å². The molecule has 0 aliphatic rings. The summed E-state index contributed by atoms with van der Waals surface area (Å²) < 4.78 is 2.50. The van der Waals surface area contributed by atoms with Crippen LogP contribution in [0.2, 0.25) is 5.02 Å². The monoisotopic (exact) mass is 413 g/mol. The third kappa shape index (κ3) is 4.27. The Labute approximate surface area is 173 Å². The maximum Gasteiger partial charge on any atom is 0.331 e. The number of carbonyl (C=O) groups is 1. The van der Waals surface area contributed by atoms with E-state index < -0.39 is 5.69 Å². The topological polar surface area (TPSA) is 73.1 Å². The lowest BCUT2D eigenvalue weighted by Gasteiger charge is -2.23. The first kappa shape index (κ1) is 20.9. The molecule has 1 heterocycles. The van der Waals surface area contributed by atoms with Crippen molar-refractivity contribution in [3.63, 3.8) is 0 Å². The molecule has 0 spiro atoms. The van der Waals surface area contributed by atoms with Gasteiger partial charge >= 0.3 is 5.69 Å². The summed E-state index contributed by atoms with van der Waals surface area (Å²) in [5.74, 6) is -0.162. The molecule has 0 radical (unpaired) electrons. The molecule has 0 fully saturated rings. The van der Waals surface area contributed by atoms with Crippen molar-refractivity contribution < 1.29 is 4.79 Å². The van der Waals surface area contributed by atoms with Gasteiger partial charge in [-0.3, -0.25) is 18.7 Å². The van der Waals surface area contributed by atoms with E-state index in [1.807, 2.05) is 26.0 Å². The van der Waals surface area contributed by atoms with E-state index in [1.165, 1.54) is 4.57 Å². The van der Waals surface area contributed by atoms with Crippen molar-refractivity contribution in [2.75, 3.05) is 0 Å². The van der Waals surface area contributed by atoms with Gasteiger partial charge < -0.3 is 5.32 Å². The van der Waals surface area contributed by atoms with E-state index in [9.17, 15) is 14.4 Å². The van der Waals surface area contributed by atoms with Crippen LogP contribution in [-0.4, -0.2) is 15.0 Å². The van der Waals surface area contributed by atoms with Gasteiger partial charge in [-0.1, -0.05) is 49.7 Å². The Bertz CT molecular complexity index is 1150. The molecule has 6 nitrogen and oxygen atoms in total. The number of nitrogens with zero attached hydrogens (tertiary/aromatic N) is 2. The van der Waals surface area contributed by atoms with Crippen LogP contribution in [0.4, 0.5) is 0 Å². The van der Waals surface area contributed by atoms with Crippen molar-refractivity contribution in [2.45, 2.75) is 39.9 Å². The van der Waals surface area contributed by atoms with Gasteiger partial charge in [-0.2, -0.15) is 0 Å². The summed E-state index contributed by atoms with van der Waals surface area (Å²) in [6.07, 6.45) is 0. The molecule has 3 aromatic rings. The summed E-state index contributed by atoms with van der Waals surface area (Å²) in [4.78, 5) is 38.2. The molecule has 7 heteroatoms. The smallest absolute Gasteiger partial charge is 0.331 e. The third-order valence-electron chi connectivity index (χ3n) is 4.96. The Morgan fingerprint density at radius 1 is 1.03 bits per heavy atom. The number of para-hydroxylation sites is 1. The van der Waals surface area contributed by atoms with Crippen LogP contribution in [0, 0.1) is 5.92 Å². The predicted molar refractivity (Wildman–Crippen MR) is 115 cm³/mol. The second-order valence-corrected chi connectivity index (χ2v) is 7.71. The van der Waals surface area contributed by atoms with Crippen molar-refractivity contribution in [3.05, 3.63) is 80.0 Å². The Morgan fingerprint density at radius 2 is 1.69 bits per heavy atom. The molecule has 0 bridgehead atoms. The first-order chi connectivity index (χ1) is 13.8. The number of halogens is 1. The normalized spacial score (nSPS) is 12.3. The molecule has 0 saturated carbocycles. The second-order valence-electron chi connectivity index (χ2n) is 7.28. The molecule has 0 aliphatic heterocycles. The SMILES string of the molecule is CCn1c(=O)c2ccccc2n(CC(=O)NC(c2ccc(Cl)cc2)C(C)C)c1=O. The van der Waals surface area contributed by atoms with E-state index in [1.54, 1.807) is 43.3 Å². The van der Waals surface area contributed by atoms with E-state index in [0.29, 0.717) is 15.9 Å². The predicted octanol–water partition coefficient (Wildman–Crippen LogP) is 3.35. The molecule has 0 saturated heterocycles. The molecule has 3 rings (SSSR count). The van der Waals surface area contributed by atoms with Crippen molar-refractivity contribution in [2.24, 2.45) is 5.92 Å². The number of amides is 1.